The predicted molar refractivity (Wildman–Crippen MR) is 105 cm³/mol. The molecule has 0 aliphatic carbocycles. The first kappa shape index (κ1) is 21.2. The highest BCUT2D eigenvalue weighted by atomic mass is 16.5. The highest BCUT2D eigenvalue weighted by Gasteiger charge is 2.11. The number of hydrogen-bond donors (Lipinski definition) is 2. The minimum Gasteiger partial charge on any atom is -0.497 e. The lowest BCUT2D eigenvalue weighted by Gasteiger charge is -2.19. The van der Waals surface area contributed by atoms with E-state index in [0.29, 0.717) is 6.04 Å². The third kappa shape index (κ3) is 7.33. The molecule has 4 nitrogen and oxygen atoms in total. The fraction of sp³-hybridized carbons (Fsp3) is 0.526. The highest BCUT2D eigenvalue weighted by Crippen LogP contribution is 2.35. The Morgan fingerprint density at radius 1 is 1.35 bits per heavy atom. The van der Waals surface area contributed by atoms with Gasteiger partial charge in [0.05, 0.1) is 18.5 Å². The zero-order valence-electron chi connectivity index (χ0n) is 15.6. The number of ether oxygens (including phenoxy) is 1. The maximum absolute atomic E-state index is 5.38. The Balaban J connectivity index is 0.00000232. The molecule has 130 valence electrons. The Morgan fingerprint density at radius 2 is 2.04 bits per heavy atom. The van der Waals surface area contributed by atoms with Crippen molar-refractivity contribution in [3.05, 3.63) is 23.8 Å². The van der Waals surface area contributed by atoms with Crippen molar-refractivity contribution in [2.75, 3.05) is 26.0 Å². The first-order chi connectivity index (χ1) is 11.2. The first-order valence-electron chi connectivity index (χ1n) is 8.38. The second-order valence-electron chi connectivity index (χ2n) is 5.06. The van der Waals surface area contributed by atoms with Crippen LogP contribution in [0.15, 0.2) is 23.2 Å². The number of anilines is 1. The monoisotopic (exact) mass is 319 g/mol. The molecule has 0 fully saturated rings. The van der Waals surface area contributed by atoms with Crippen LogP contribution in [-0.2, 0) is 0 Å². The van der Waals surface area contributed by atoms with E-state index in [9.17, 15) is 0 Å². The van der Waals surface area contributed by atoms with Crippen LogP contribution in [0.5, 0.6) is 5.75 Å². The molecule has 2 N–H and O–H groups in total. The van der Waals surface area contributed by atoms with Crippen molar-refractivity contribution in [1.82, 2.24) is 5.32 Å². The second-order valence-corrected chi connectivity index (χ2v) is 5.06. The molecule has 0 heterocycles. The van der Waals surface area contributed by atoms with E-state index in [1.54, 1.807) is 7.11 Å². The number of allylic oxidation sites excluding steroid dienone is 1. The van der Waals surface area contributed by atoms with Crippen molar-refractivity contribution in [2.24, 2.45) is 4.99 Å². The van der Waals surface area contributed by atoms with Gasteiger partial charge in [-0.3, -0.25) is 4.99 Å². The number of aliphatic imine (C=N–C) groups is 1. The van der Waals surface area contributed by atoms with E-state index in [1.165, 1.54) is 0 Å². The lowest BCUT2D eigenvalue weighted by atomic mass is 10.1. The topological polar surface area (TPSA) is 45.6 Å². The van der Waals surface area contributed by atoms with E-state index >= 15 is 0 Å². The van der Waals surface area contributed by atoms with E-state index in [4.69, 9.17) is 4.74 Å². The molecule has 0 saturated heterocycles. The van der Waals surface area contributed by atoms with Gasteiger partial charge in [-0.05, 0) is 53.1 Å². The molecule has 0 spiro atoms. The average Bonchev–Trinajstić information content (AvgIpc) is 2.57. The van der Waals surface area contributed by atoms with Crippen molar-refractivity contribution < 1.29 is 4.74 Å². The van der Waals surface area contributed by atoms with Crippen LogP contribution in [-0.4, -0.2) is 33.5 Å². The van der Waals surface area contributed by atoms with Gasteiger partial charge in [0.2, 0.25) is 0 Å². The van der Waals surface area contributed by atoms with Crippen LogP contribution in [0.1, 0.15) is 46.1 Å². The predicted octanol–water partition coefficient (Wildman–Crippen LogP) is 4.89. The van der Waals surface area contributed by atoms with Crippen molar-refractivity contribution in [3.63, 3.8) is 0 Å². The standard InChI is InChI=1S/C17H27N3O.C2H6/c1-6-8-14-11-15(21-5)12-16(17(14)19-4)20-13(2)9-7-10-18-3;1-2/h6,8,11-13,18,20H,4,7,9-10H2,1-3,5H3;1-2H3/b8-6-;. The van der Waals surface area contributed by atoms with Gasteiger partial charge in [-0.15, -0.1) is 0 Å². The number of methoxy groups -OCH3 is 1. The van der Waals surface area contributed by atoms with Gasteiger partial charge in [0.15, 0.2) is 0 Å². The van der Waals surface area contributed by atoms with Crippen LogP contribution < -0.4 is 15.4 Å². The number of benzene rings is 1. The van der Waals surface area contributed by atoms with E-state index in [1.807, 2.05) is 52.1 Å². The maximum Gasteiger partial charge on any atom is 0.121 e. The molecule has 1 atom stereocenters. The van der Waals surface area contributed by atoms with Gasteiger partial charge in [0.1, 0.15) is 5.75 Å². The molecule has 0 saturated carbocycles. The van der Waals surface area contributed by atoms with Gasteiger partial charge in [0, 0.05) is 17.7 Å². The lowest BCUT2D eigenvalue weighted by molar-refractivity contribution is 0.415. The van der Waals surface area contributed by atoms with Gasteiger partial charge in [0.25, 0.3) is 0 Å². The molecular weight excluding hydrogens is 286 g/mol. The molecule has 4 heteroatoms. The van der Waals surface area contributed by atoms with Gasteiger partial charge in [-0.1, -0.05) is 26.0 Å². The summed E-state index contributed by atoms with van der Waals surface area (Å²) >= 11 is 0. The summed E-state index contributed by atoms with van der Waals surface area (Å²) in [6, 6.07) is 4.32. The molecule has 0 aliphatic rings. The summed E-state index contributed by atoms with van der Waals surface area (Å²) < 4.78 is 5.38. The van der Waals surface area contributed by atoms with Gasteiger partial charge in [-0.2, -0.15) is 0 Å². The Morgan fingerprint density at radius 3 is 2.57 bits per heavy atom. The van der Waals surface area contributed by atoms with Crippen LogP contribution in [0.2, 0.25) is 0 Å². The van der Waals surface area contributed by atoms with E-state index in [0.717, 1.165) is 42.1 Å². The van der Waals surface area contributed by atoms with Crippen LogP contribution in [0.25, 0.3) is 6.08 Å². The molecule has 1 aromatic rings. The summed E-state index contributed by atoms with van der Waals surface area (Å²) in [5.74, 6) is 0.820. The van der Waals surface area contributed by atoms with Crippen molar-refractivity contribution >= 4 is 24.2 Å². The molecule has 1 unspecified atom stereocenters. The quantitative estimate of drug-likeness (QED) is 0.503. The SMILES string of the molecule is C=Nc1c(/C=C\C)cc(OC)cc1NC(C)CCCNC.CC. The summed E-state index contributed by atoms with van der Waals surface area (Å²) in [7, 11) is 3.65. The zero-order chi connectivity index (χ0) is 17.7. The molecule has 0 amide bonds. The molecule has 0 aromatic heterocycles. The molecule has 1 aromatic carbocycles. The lowest BCUT2D eigenvalue weighted by Crippen LogP contribution is -2.18. The third-order valence-corrected chi connectivity index (χ3v) is 3.32. The van der Waals surface area contributed by atoms with Crippen LogP contribution >= 0.6 is 0 Å². The van der Waals surface area contributed by atoms with E-state index in [2.05, 4.69) is 29.3 Å². The summed E-state index contributed by atoms with van der Waals surface area (Å²) in [6.45, 7) is 12.9. The molecular formula is C19H33N3O. The van der Waals surface area contributed by atoms with Crippen LogP contribution in [0, 0.1) is 0 Å². The number of rotatable bonds is 9. The minimum atomic E-state index is 0.365. The van der Waals surface area contributed by atoms with E-state index in [-0.39, 0.29) is 0 Å². The zero-order valence-corrected chi connectivity index (χ0v) is 15.6. The molecule has 0 aliphatic heterocycles. The average molecular weight is 319 g/mol. The largest absolute Gasteiger partial charge is 0.497 e. The van der Waals surface area contributed by atoms with Crippen LogP contribution in [0.4, 0.5) is 11.4 Å². The second kappa shape index (κ2) is 12.7. The molecule has 1 rings (SSSR count). The minimum absolute atomic E-state index is 0.365. The summed E-state index contributed by atoms with van der Waals surface area (Å²) in [6.07, 6.45) is 6.23. The van der Waals surface area contributed by atoms with Gasteiger partial charge >= 0.3 is 0 Å². The highest BCUT2D eigenvalue weighted by molar-refractivity contribution is 5.80. The smallest absolute Gasteiger partial charge is 0.121 e. The molecule has 23 heavy (non-hydrogen) atoms. The number of nitrogens with one attached hydrogen (secondary N) is 2. The van der Waals surface area contributed by atoms with Crippen molar-refractivity contribution in [1.29, 1.82) is 0 Å². The number of nitrogens with zero attached hydrogens (tertiary/aromatic N) is 1. The fourth-order valence-corrected chi connectivity index (χ4v) is 2.26. The van der Waals surface area contributed by atoms with Gasteiger partial charge < -0.3 is 15.4 Å². The van der Waals surface area contributed by atoms with Crippen molar-refractivity contribution in [2.45, 2.75) is 46.6 Å². The molecule has 0 radical (unpaired) electrons. The Labute approximate surface area is 142 Å². The summed E-state index contributed by atoms with van der Waals surface area (Å²) in [4.78, 5) is 4.18. The van der Waals surface area contributed by atoms with Crippen LogP contribution in [0.3, 0.4) is 0 Å². The third-order valence-electron chi connectivity index (χ3n) is 3.32. The first-order valence-corrected chi connectivity index (χ1v) is 8.38. The maximum atomic E-state index is 5.38. The fourth-order valence-electron chi connectivity index (χ4n) is 2.26. The Hall–Kier alpha value is -1.81. The number of hydrogen-bond acceptors (Lipinski definition) is 4. The normalized spacial score (nSPS) is 11.6. The summed E-state index contributed by atoms with van der Waals surface area (Å²) in [5, 5.41) is 6.69. The van der Waals surface area contributed by atoms with Crippen molar-refractivity contribution in [3.8, 4) is 5.75 Å². The molecule has 0 bridgehead atoms. The van der Waals surface area contributed by atoms with E-state index < -0.39 is 0 Å². The summed E-state index contributed by atoms with van der Waals surface area (Å²) in [5.41, 5.74) is 2.85. The van der Waals surface area contributed by atoms with Gasteiger partial charge in [-0.25, -0.2) is 0 Å². The Kier molecular flexibility index (Phi) is 11.7. The Bertz CT molecular complexity index is 484.